The van der Waals surface area contributed by atoms with E-state index in [2.05, 4.69) is 64.1 Å². The largest absolute Gasteiger partial charge is 0.336 e. The molecule has 6 nitrogen and oxygen atoms in total. The van der Waals surface area contributed by atoms with E-state index >= 15 is 0 Å². The summed E-state index contributed by atoms with van der Waals surface area (Å²) in [7, 11) is 0. The van der Waals surface area contributed by atoms with Crippen molar-refractivity contribution in [2.24, 2.45) is 0 Å². The first-order chi connectivity index (χ1) is 20.1. The van der Waals surface area contributed by atoms with Gasteiger partial charge in [0.15, 0.2) is 5.11 Å². The van der Waals surface area contributed by atoms with Gasteiger partial charge < -0.3 is 15.5 Å². The minimum absolute atomic E-state index is 0.0538. The van der Waals surface area contributed by atoms with Gasteiger partial charge in [-0.15, -0.1) is 0 Å². The van der Waals surface area contributed by atoms with E-state index in [1.165, 1.54) is 11.1 Å². The fraction of sp³-hybridized carbons (Fsp3) is 0.206. The molecular weight excluding hydrogens is 528 g/mol. The Labute approximate surface area is 247 Å². The standard InChI is InChI=1S/C34H34N4O2S/c39-31(21-20-26-12-4-1-5-13-26)36-34(41)35-30-19-11-10-18-29(30)33(40)38-24-22-37(23-25-38)32(27-14-6-2-7-15-27)28-16-8-3-9-17-28/h1-19,32H,20-25H2,(H2,35,36,39,41). The van der Waals surface area contributed by atoms with Gasteiger partial charge >= 0.3 is 0 Å². The third kappa shape index (κ3) is 7.45. The minimum Gasteiger partial charge on any atom is -0.336 e. The van der Waals surface area contributed by atoms with Gasteiger partial charge in [0, 0.05) is 32.6 Å². The monoisotopic (exact) mass is 562 g/mol. The molecule has 0 saturated carbocycles. The van der Waals surface area contributed by atoms with Crippen molar-refractivity contribution < 1.29 is 9.59 Å². The molecule has 0 unspecified atom stereocenters. The van der Waals surface area contributed by atoms with E-state index in [-0.39, 0.29) is 23.0 Å². The molecule has 7 heteroatoms. The van der Waals surface area contributed by atoms with Crippen LogP contribution in [0.4, 0.5) is 5.69 Å². The quantitative estimate of drug-likeness (QED) is 0.271. The highest BCUT2D eigenvalue weighted by atomic mass is 32.1. The summed E-state index contributed by atoms with van der Waals surface area (Å²) in [6, 6.07) is 38.3. The summed E-state index contributed by atoms with van der Waals surface area (Å²) in [4.78, 5) is 30.4. The maximum atomic E-state index is 13.6. The van der Waals surface area contributed by atoms with Crippen LogP contribution in [0.3, 0.4) is 0 Å². The average molecular weight is 563 g/mol. The molecule has 0 radical (unpaired) electrons. The molecule has 4 aromatic rings. The van der Waals surface area contributed by atoms with Crippen LogP contribution in [0.15, 0.2) is 115 Å². The van der Waals surface area contributed by atoms with Crippen molar-refractivity contribution in [3.63, 3.8) is 0 Å². The Morgan fingerprint density at radius 2 is 1.24 bits per heavy atom. The number of thiocarbonyl (C=S) groups is 1. The van der Waals surface area contributed by atoms with E-state index in [9.17, 15) is 9.59 Å². The number of nitrogens with one attached hydrogen (secondary N) is 2. The van der Waals surface area contributed by atoms with Crippen LogP contribution in [0.25, 0.3) is 0 Å². The van der Waals surface area contributed by atoms with Crippen LogP contribution in [-0.2, 0) is 11.2 Å². The first-order valence-corrected chi connectivity index (χ1v) is 14.4. The van der Waals surface area contributed by atoms with Crippen molar-refractivity contribution in [3.8, 4) is 0 Å². The van der Waals surface area contributed by atoms with Gasteiger partial charge in [0.25, 0.3) is 5.91 Å². The number of piperazine rings is 1. The number of carbonyl (C=O) groups is 2. The van der Waals surface area contributed by atoms with Crippen LogP contribution in [0.5, 0.6) is 0 Å². The zero-order valence-electron chi connectivity index (χ0n) is 22.9. The fourth-order valence-electron chi connectivity index (χ4n) is 5.26. The molecule has 0 atom stereocenters. The lowest BCUT2D eigenvalue weighted by atomic mass is 9.96. The van der Waals surface area contributed by atoms with Gasteiger partial charge in [-0.2, -0.15) is 0 Å². The number of nitrogens with zero attached hydrogens (tertiary/aromatic N) is 2. The molecule has 0 spiro atoms. The molecule has 5 rings (SSSR count). The minimum atomic E-state index is -0.169. The second kappa shape index (κ2) is 13.8. The third-order valence-corrected chi connectivity index (χ3v) is 7.54. The maximum absolute atomic E-state index is 13.6. The van der Waals surface area contributed by atoms with Crippen LogP contribution >= 0.6 is 12.2 Å². The molecule has 1 saturated heterocycles. The third-order valence-electron chi connectivity index (χ3n) is 7.34. The zero-order chi connectivity index (χ0) is 28.4. The highest BCUT2D eigenvalue weighted by molar-refractivity contribution is 7.80. The van der Waals surface area contributed by atoms with Crippen molar-refractivity contribution in [2.75, 3.05) is 31.5 Å². The number of anilines is 1. The van der Waals surface area contributed by atoms with Gasteiger partial charge in [0.05, 0.1) is 17.3 Å². The molecule has 2 N–H and O–H groups in total. The molecule has 208 valence electrons. The van der Waals surface area contributed by atoms with E-state index in [1.54, 1.807) is 6.07 Å². The molecule has 2 amide bonds. The number of benzene rings is 4. The normalized spacial score (nSPS) is 13.5. The summed E-state index contributed by atoms with van der Waals surface area (Å²) in [6.07, 6.45) is 0.954. The first kappa shape index (κ1) is 28.2. The number of aryl methyl sites for hydroxylation is 1. The van der Waals surface area contributed by atoms with E-state index in [4.69, 9.17) is 12.2 Å². The molecule has 4 aromatic carbocycles. The summed E-state index contributed by atoms with van der Waals surface area (Å²) in [6.45, 7) is 2.74. The van der Waals surface area contributed by atoms with Crippen molar-refractivity contribution in [1.29, 1.82) is 0 Å². The van der Waals surface area contributed by atoms with Crippen molar-refractivity contribution >= 4 is 34.8 Å². The molecule has 1 heterocycles. The lowest BCUT2D eigenvalue weighted by Gasteiger charge is -2.40. The molecular formula is C34H34N4O2S. The SMILES string of the molecule is O=C(CCc1ccccc1)NC(=S)Nc1ccccc1C(=O)N1CCN(C(c2ccccc2)c2ccccc2)CC1. The Morgan fingerprint density at radius 1 is 0.707 bits per heavy atom. The van der Waals surface area contributed by atoms with Gasteiger partial charge in [-0.3, -0.25) is 14.5 Å². The van der Waals surface area contributed by atoms with Crippen LogP contribution in [-0.4, -0.2) is 52.9 Å². The molecule has 0 bridgehead atoms. The lowest BCUT2D eigenvalue weighted by molar-refractivity contribution is -0.119. The van der Waals surface area contributed by atoms with Crippen LogP contribution in [0, 0.1) is 0 Å². The highest BCUT2D eigenvalue weighted by Crippen LogP contribution is 2.30. The van der Waals surface area contributed by atoms with Gasteiger partial charge in [-0.25, -0.2) is 0 Å². The predicted octanol–water partition coefficient (Wildman–Crippen LogP) is 5.68. The summed E-state index contributed by atoms with van der Waals surface area (Å²) < 4.78 is 0. The second-order valence-electron chi connectivity index (χ2n) is 10.1. The van der Waals surface area contributed by atoms with Crippen molar-refractivity contribution in [1.82, 2.24) is 15.1 Å². The number of hydrogen-bond acceptors (Lipinski definition) is 4. The molecule has 1 aliphatic heterocycles. The van der Waals surface area contributed by atoms with E-state index < -0.39 is 0 Å². The van der Waals surface area contributed by atoms with E-state index in [0.717, 1.165) is 18.7 Å². The Morgan fingerprint density at radius 3 is 1.85 bits per heavy atom. The Bertz CT molecular complexity index is 1420. The number of amides is 2. The Balaban J connectivity index is 1.20. The first-order valence-electron chi connectivity index (χ1n) is 14.0. The maximum Gasteiger partial charge on any atom is 0.256 e. The number of rotatable bonds is 8. The van der Waals surface area contributed by atoms with Gasteiger partial charge in [-0.05, 0) is 47.5 Å². The summed E-state index contributed by atoms with van der Waals surface area (Å²) >= 11 is 5.41. The topological polar surface area (TPSA) is 64.7 Å². The summed E-state index contributed by atoms with van der Waals surface area (Å²) in [5.74, 6) is -0.223. The lowest BCUT2D eigenvalue weighted by Crippen LogP contribution is -2.50. The molecule has 1 aliphatic rings. The van der Waals surface area contributed by atoms with Crippen LogP contribution < -0.4 is 10.6 Å². The van der Waals surface area contributed by atoms with Crippen molar-refractivity contribution in [2.45, 2.75) is 18.9 Å². The van der Waals surface area contributed by atoms with E-state index in [1.807, 2.05) is 65.6 Å². The Hall–Kier alpha value is -4.33. The molecule has 0 aliphatic carbocycles. The smallest absolute Gasteiger partial charge is 0.256 e. The van der Waals surface area contributed by atoms with Crippen LogP contribution in [0.1, 0.15) is 39.5 Å². The van der Waals surface area contributed by atoms with E-state index in [0.29, 0.717) is 37.2 Å². The number of para-hydroxylation sites is 1. The Kier molecular flexibility index (Phi) is 9.52. The zero-order valence-corrected chi connectivity index (χ0v) is 23.7. The van der Waals surface area contributed by atoms with Gasteiger partial charge in [-0.1, -0.05) is 103 Å². The summed E-state index contributed by atoms with van der Waals surface area (Å²) in [5.41, 5.74) is 4.69. The number of hydrogen-bond donors (Lipinski definition) is 2. The van der Waals surface area contributed by atoms with Crippen LogP contribution in [0.2, 0.25) is 0 Å². The van der Waals surface area contributed by atoms with Gasteiger partial charge in [0.1, 0.15) is 0 Å². The molecule has 1 fully saturated rings. The van der Waals surface area contributed by atoms with Gasteiger partial charge in [0.2, 0.25) is 5.91 Å². The van der Waals surface area contributed by atoms with Crippen molar-refractivity contribution in [3.05, 3.63) is 138 Å². The summed E-state index contributed by atoms with van der Waals surface area (Å²) in [5, 5.41) is 6.00. The number of carbonyl (C=O) groups excluding carboxylic acids is 2. The molecule has 41 heavy (non-hydrogen) atoms. The molecule has 0 aromatic heterocycles. The second-order valence-corrected chi connectivity index (χ2v) is 10.5. The highest BCUT2D eigenvalue weighted by Gasteiger charge is 2.29. The predicted molar refractivity (Wildman–Crippen MR) is 168 cm³/mol. The fourth-order valence-corrected chi connectivity index (χ4v) is 5.49. The average Bonchev–Trinajstić information content (AvgIpc) is 3.02.